The molecule has 0 radical (unpaired) electrons. The Hall–Kier alpha value is -5.04. The molecule has 0 aliphatic carbocycles. The smallest absolute Gasteiger partial charge is 0.261 e. The number of thiocyanates is 2. The van der Waals surface area contributed by atoms with Gasteiger partial charge in [0, 0.05) is 76.1 Å². The summed E-state index contributed by atoms with van der Waals surface area (Å²) in [5.74, 6) is -1.90. The van der Waals surface area contributed by atoms with Crippen LogP contribution in [0.2, 0.25) is 0 Å². The molecule has 56 heavy (non-hydrogen) atoms. The van der Waals surface area contributed by atoms with E-state index in [1.807, 2.05) is 13.8 Å². The lowest BCUT2D eigenvalue weighted by Crippen LogP contribution is -2.47. The van der Waals surface area contributed by atoms with Gasteiger partial charge in [-0.3, -0.25) is 29.0 Å². The second-order valence-electron chi connectivity index (χ2n) is 13.9. The van der Waals surface area contributed by atoms with Crippen molar-refractivity contribution in [3.8, 4) is 10.8 Å². The van der Waals surface area contributed by atoms with Gasteiger partial charge in [0.1, 0.15) is 10.8 Å². The first-order valence-corrected chi connectivity index (χ1v) is 21.0. The zero-order valence-electron chi connectivity index (χ0n) is 31.1. The number of unbranched alkanes of at least 4 members (excludes halogenated alkanes) is 2. The lowest BCUT2D eigenvalue weighted by atomic mass is 9.80. The monoisotopic (exact) mass is 814 g/mol. The maximum atomic E-state index is 14.6. The Balaban J connectivity index is 1.74. The molecular weight excluding hydrogens is 781 g/mol. The quantitative estimate of drug-likeness (QED) is 0.0202. The van der Waals surface area contributed by atoms with E-state index in [-0.39, 0.29) is 45.7 Å². The van der Waals surface area contributed by atoms with Crippen molar-refractivity contribution < 1.29 is 19.2 Å². The number of fused-ring (bicyclic) bond motifs is 2. The molecule has 2 unspecified atom stereocenters. The first kappa shape index (κ1) is 39.2. The van der Waals surface area contributed by atoms with Gasteiger partial charge in [-0.25, -0.2) is 0 Å². The molecular formula is C42H34N6O4S4. The summed E-state index contributed by atoms with van der Waals surface area (Å²) in [7, 11) is 0. The number of hydrogen-bond donors (Lipinski definition) is 0. The molecule has 0 spiro atoms. The third-order valence-corrected chi connectivity index (χ3v) is 12.5. The van der Waals surface area contributed by atoms with Gasteiger partial charge in [0.2, 0.25) is 0 Å². The van der Waals surface area contributed by atoms with Gasteiger partial charge in [-0.2, -0.15) is 20.5 Å². The van der Waals surface area contributed by atoms with Crippen molar-refractivity contribution >= 4 is 136 Å². The largest absolute Gasteiger partial charge is 0.271 e. The summed E-state index contributed by atoms with van der Waals surface area (Å²) in [6, 6.07) is 5.76. The number of nitriles is 2. The van der Waals surface area contributed by atoms with Crippen LogP contribution in [-0.4, -0.2) is 55.8 Å². The molecule has 2 aliphatic rings. The molecule has 0 fully saturated rings. The fraction of sp³-hybridized carbons (Fsp3) is 0.333. The minimum atomic E-state index is -0.478. The number of rotatable bonds is 14. The molecule has 280 valence electrons. The molecule has 2 aliphatic heterocycles. The number of nitrogens with zero attached hydrogens (tertiary/aromatic N) is 6. The van der Waals surface area contributed by atoms with Gasteiger partial charge < -0.3 is 0 Å². The number of hydrogen-bond acceptors (Lipinski definition) is 12. The Morgan fingerprint density at radius 2 is 0.929 bits per heavy atom. The standard InChI is InChI=1S/C42H34N6O4S4/c1-5-9-11-21(7-3)47-39(49)23-13-27(45-19-53)33-34-28(46-20-54)14-24-32-26(42(52)48(40(24)50)22(8-4)12-10-6-2)16-30(56-18-44)36(38(32)34)35-29(55-17-43)15-25(41(47)51)31(23)37(33)35/h13-16,21-22H,5-12H2,1-4H3. The minimum absolute atomic E-state index is 0.231. The highest BCUT2D eigenvalue weighted by molar-refractivity contribution is 8.04. The molecule has 14 heteroatoms. The number of carbonyl (C=O) groups excluding carboxylic acids is 4. The predicted molar refractivity (Wildman–Crippen MR) is 228 cm³/mol. The van der Waals surface area contributed by atoms with Crippen LogP contribution in [0.15, 0.2) is 44.0 Å². The fourth-order valence-corrected chi connectivity index (χ4v) is 10.0. The van der Waals surface area contributed by atoms with Gasteiger partial charge in [0.25, 0.3) is 23.6 Å². The second kappa shape index (κ2) is 15.8. The van der Waals surface area contributed by atoms with Crippen LogP contribution in [0.4, 0.5) is 11.4 Å². The van der Waals surface area contributed by atoms with Crippen LogP contribution < -0.4 is 0 Å². The van der Waals surface area contributed by atoms with Gasteiger partial charge in [0.15, 0.2) is 0 Å². The van der Waals surface area contributed by atoms with Crippen molar-refractivity contribution in [1.29, 1.82) is 10.5 Å². The first-order valence-electron chi connectivity index (χ1n) is 18.6. The number of amides is 4. The van der Waals surface area contributed by atoms with Crippen molar-refractivity contribution in [2.24, 2.45) is 9.98 Å². The van der Waals surface area contributed by atoms with Crippen molar-refractivity contribution in [3.05, 3.63) is 46.5 Å². The summed E-state index contributed by atoms with van der Waals surface area (Å²) in [5.41, 5.74) is 1.42. The van der Waals surface area contributed by atoms with Crippen molar-refractivity contribution in [3.63, 3.8) is 0 Å². The Kier molecular flexibility index (Phi) is 11.1. The van der Waals surface area contributed by atoms with Crippen LogP contribution in [0.25, 0.3) is 43.1 Å². The third-order valence-electron chi connectivity index (χ3n) is 11.1. The molecule has 5 aromatic rings. The predicted octanol–water partition coefficient (Wildman–Crippen LogP) is 11.5. The van der Waals surface area contributed by atoms with E-state index < -0.39 is 23.6 Å². The normalized spacial score (nSPS) is 14.7. The Bertz CT molecular complexity index is 2570. The topological polar surface area (TPSA) is 147 Å². The molecule has 4 amide bonds. The molecule has 2 atom stereocenters. The zero-order valence-corrected chi connectivity index (χ0v) is 34.3. The Morgan fingerprint density at radius 1 is 0.571 bits per heavy atom. The number of thioether (sulfide) groups is 2. The second-order valence-corrected chi connectivity index (χ2v) is 15.9. The van der Waals surface area contributed by atoms with Crippen LogP contribution in [0.3, 0.4) is 0 Å². The van der Waals surface area contributed by atoms with Crippen molar-refractivity contribution in [2.45, 2.75) is 101 Å². The van der Waals surface area contributed by atoms with Crippen LogP contribution in [-0.2, 0) is 0 Å². The molecule has 10 nitrogen and oxygen atoms in total. The van der Waals surface area contributed by atoms with Crippen LogP contribution in [0.5, 0.6) is 0 Å². The molecule has 7 rings (SSSR count). The van der Waals surface area contributed by atoms with E-state index in [1.165, 1.54) is 9.80 Å². The summed E-state index contributed by atoms with van der Waals surface area (Å²) in [6.45, 7) is 7.99. The Morgan fingerprint density at radius 3 is 1.23 bits per heavy atom. The van der Waals surface area contributed by atoms with Gasteiger partial charge in [-0.15, -0.1) is 0 Å². The van der Waals surface area contributed by atoms with Gasteiger partial charge >= 0.3 is 0 Å². The summed E-state index contributed by atoms with van der Waals surface area (Å²) < 4.78 is 0. The lowest BCUT2D eigenvalue weighted by Gasteiger charge is -2.36. The highest BCUT2D eigenvalue weighted by atomic mass is 32.2. The van der Waals surface area contributed by atoms with E-state index in [4.69, 9.17) is 24.4 Å². The number of benzene rings is 5. The number of aliphatic imine (C=N–C) groups is 2. The fourth-order valence-electron chi connectivity index (χ4n) is 8.68. The molecule has 0 aromatic heterocycles. The van der Waals surface area contributed by atoms with Crippen molar-refractivity contribution in [2.75, 3.05) is 0 Å². The number of carbonyl (C=O) groups is 4. The van der Waals surface area contributed by atoms with E-state index in [2.05, 4.69) is 45.0 Å². The van der Waals surface area contributed by atoms with Gasteiger partial charge in [-0.1, -0.05) is 53.4 Å². The zero-order chi connectivity index (χ0) is 40.0. The molecule has 2 heterocycles. The molecule has 0 bridgehead atoms. The summed E-state index contributed by atoms with van der Waals surface area (Å²) in [4.78, 5) is 70.9. The van der Waals surface area contributed by atoms with Crippen LogP contribution in [0, 0.1) is 21.3 Å². The SMILES string of the molecule is CCCCC(CC)N1C(=O)c2cc(N=C=S)c3c4c(N=C=S)cc5c6c(cc(SC#N)c(c7c(SC#N)cc(c2c37)C1=O)c64)C(=O)N(C(CC)CCCC)C5=O. The summed E-state index contributed by atoms with van der Waals surface area (Å²) in [6.07, 6.45) is 5.78. The van der Waals surface area contributed by atoms with E-state index in [0.29, 0.717) is 78.6 Å². The Labute approximate surface area is 342 Å². The molecule has 0 saturated heterocycles. The lowest BCUT2D eigenvalue weighted by molar-refractivity contribution is 0.0508. The van der Waals surface area contributed by atoms with E-state index >= 15 is 0 Å². The maximum absolute atomic E-state index is 14.6. The van der Waals surface area contributed by atoms with Crippen LogP contribution >= 0.6 is 48.0 Å². The first-order chi connectivity index (χ1) is 27.2. The number of isothiocyanates is 2. The highest BCUT2D eigenvalue weighted by Gasteiger charge is 2.42. The molecule has 0 saturated carbocycles. The third kappa shape index (κ3) is 5.83. The summed E-state index contributed by atoms with van der Waals surface area (Å²) in [5, 5.41) is 33.1. The minimum Gasteiger partial charge on any atom is -0.271 e. The average molecular weight is 815 g/mol. The van der Waals surface area contributed by atoms with E-state index in [0.717, 1.165) is 49.2 Å². The van der Waals surface area contributed by atoms with Gasteiger partial charge in [-0.05, 0) is 97.9 Å². The maximum Gasteiger partial charge on any atom is 0.261 e. The van der Waals surface area contributed by atoms with Crippen LogP contribution in [0.1, 0.15) is 120 Å². The van der Waals surface area contributed by atoms with Crippen molar-refractivity contribution in [1.82, 2.24) is 9.80 Å². The molecule has 0 N–H and O–H groups in total. The van der Waals surface area contributed by atoms with Gasteiger partial charge in [0.05, 0.1) is 32.8 Å². The highest BCUT2D eigenvalue weighted by Crippen LogP contribution is 2.56. The summed E-state index contributed by atoms with van der Waals surface area (Å²) >= 11 is 12.0. The van der Waals surface area contributed by atoms with E-state index in [1.54, 1.807) is 24.3 Å². The molecule has 5 aromatic carbocycles. The number of thiocarbonyl (C=S) groups is 2. The average Bonchev–Trinajstić information content (AvgIpc) is 3.19. The number of imide groups is 2. The van der Waals surface area contributed by atoms with E-state index in [9.17, 15) is 29.7 Å².